The number of carbonyl (C=O) groups is 2. The summed E-state index contributed by atoms with van der Waals surface area (Å²) in [5.41, 5.74) is 3.26. The standard InChI is InChI=1S/C28H33N3O2/c32-27-25(22-12-6-4-7-13-22)26(28(33)31(27)24-16-8-2-1-3-9-17-24)30-20-18-29(19-21-30)23-14-10-5-11-15-23/h4-7,10-15,24H,1-3,8-9,16-21H2. The normalized spacial score (nSPS) is 20.9. The molecule has 0 spiro atoms. The molecule has 5 nitrogen and oxygen atoms in total. The van der Waals surface area contributed by atoms with Gasteiger partial charge in [0.1, 0.15) is 5.70 Å². The third-order valence-electron chi connectivity index (χ3n) is 7.31. The zero-order chi connectivity index (χ0) is 22.6. The zero-order valence-corrected chi connectivity index (χ0v) is 19.3. The van der Waals surface area contributed by atoms with E-state index in [-0.39, 0.29) is 17.9 Å². The van der Waals surface area contributed by atoms with Gasteiger partial charge in [-0.25, -0.2) is 0 Å². The van der Waals surface area contributed by atoms with Crippen LogP contribution in [0.2, 0.25) is 0 Å². The van der Waals surface area contributed by atoms with Crippen LogP contribution in [0, 0.1) is 0 Å². The summed E-state index contributed by atoms with van der Waals surface area (Å²) in [5.74, 6) is -0.185. The Hall–Kier alpha value is -3.08. The number of nitrogens with zero attached hydrogens (tertiary/aromatic N) is 3. The number of imide groups is 1. The molecule has 5 heteroatoms. The quantitative estimate of drug-likeness (QED) is 0.643. The molecule has 1 saturated carbocycles. The summed E-state index contributed by atoms with van der Waals surface area (Å²) in [6, 6.07) is 20.2. The van der Waals surface area contributed by atoms with E-state index in [0.717, 1.165) is 57.4 Å². The lowest BCUT2D eigenvalue weighted by atomic mass is 9.95. The van der Waals surface area contributed by atoms with Gasteiger partial charge in [0.15, 0.2) is 0 Å². The summed E-state index contributed by atoms with van der Waals surface area (Å²) in [4.78, 5) is 33.7. The van der Waals surface area contributed by atoms with E-state index in [0.29, 0.717) is 11.3 Å². The first kappa shape index (κ1) is 21.7. The maximum Gasteiger partial charge on any atom is 0.278 e. The maximum atomic E-state index is 13.8. The molecule has 2 aromatic carbocycles. The van der Waals surface area contributed by atoms with Gasteiger partial charge in [-0.2, -0.15) is 0 Å². The van der Waals surface area contributed by atoms with E-state index in [9.17, 15) is 9.59 Å². The summed E-state index contributed by atoms with van der Waals surface area (Å²) >= 11 is 0. The number of rotatable bonds is 4. The van der Waals surface area contributed by atoms with Crippen LogP contribution in [0.4, 0.5) is 5.69 Å². The van der Waals surface area contributed by atoms with Crippen LogP contribution < -0.4 is 4.90 Å². The van der Waals surface area contributed by atoms with E-state index in [2.05, 4.69) is 34.1 Å². The predicted octanol–water partition coefficient (Wildman–Crippen LogP) is 4.70. The van der Waals surface area contributed by atoms with Crippen molar-refractivity contribution < 1.29 is 9.59 Å². The first-order valence-corrected chi connectivity index (χ1v) is 12.5. The Morgan fingerprint density at radius 1 is 0.606 bits per heavy atom. The van der Waals surface area contributed by atoms with E-state index in [1.807, 2.05) is 36.4 Å². The van der Waals surface area contributed by atoms with E-state index in [1.54, 1.807) is 4.90 Å². The summed E-state index contributed by atoms with van der Waals surface area (Å²) in [5, 5.41) is 0. The minimum atomic E-state index is -0.0998. The van der Waals surface area contributed by atoms with Crippen LogP contribution in [-0.2, 0) is 9.59 Å². The molecule has 2 aliphatic heterocycles. The molecule has 2 heterocycles. The highest BCUT2D eigenvalue weighted by Gasteiger charge is 2.45. The number of hydrogen-bond donors (Lipinski definition) is 0. The predicted molar refractivity (Wildman–Crippen MR) is 132 cm³/mol. The molecule has 2 fully saturated rings. The number of carbonyl (C=O) groups excluding carboxylic acids is 2. The van der Waals surface area contributed by atoms with Crippen LogP contribution in [-0.4, -0.2) is 53.8 Å². The first-order valence-electron chi connectivity index (χ1n) is 12.5. The van der Waals surface area contributed by atoms with E-state index in [1.165, 1.54) is 24.9 Å². The fraction of sp³-hybridized carbons (Fsp3) is 0.429. The maximum absolute atomic E-state index is 13.8. The lowest BCUT2D eigenvalue weighted by molar-refractivity contribution is -0.140. The number of para-hydroxylation sites is 1. The molecular weight excluding hydrogens is 410 g/mol. The Morgan fingerprint density at radius 3 is 1.79 bits per heavy atom. The van der Waals surface area contributed by atoms with Gasteiger partial charge in [0, 0.05) is 37.9 Å². The van der Waals surface area contributed by atoms with Gasteiger partial charge in [-0.05, 0) is 30.5 Å². The summed E-state index contributed by atoms with van der Waals surface area (Å²) < 4.78 is 0. The average molecular weight is 444 g/mol. The number of anilines is 1. The third-order valence-corrected chi connectivity index (χ3v) is 7.31. The second-order valence-electron chi connectivity index (χ2n) is 9.38. The van der Waals surface area contributed by atoms with Gasteiger partial charge < -0.3 is 9.80 Å². The van der Waals surface area contributed by atoms with Gasteiger partial charge >= 0.3 is 0 Å². The number of piperazine rings is 1. The molecule has 5 rings (SSSR count). The summed E-state index contributed by atoms with van der Waals surface area (Å²) in [7, 11) is 0. The highest BCUT2D eigenvalue weighted by Crippen LogP contribution is 2.36. The lowest BCUT2D eigenvalue weighted by Gasteiger charge is -2.38. The van der Waals surface area contributed by atoms with Crippen molar-refractivity contribution >= 4 is 23.1 Å². The van der Waals surface area contributed by atoms with Crippen molar-refractivity contribution in [2.45, 2.75) is 51.0 Å². The summed E-state index contributed by atoms with van der Waals surface area (Å²) in [6.45, 7) is 3.14. The van der Waals surface area contributed by atoms with Gasteiger partial charge in [0.25, 0.3) is 11.8 Å². The van der Waals surface area contributed by atoms with Crippen molar-refractivity contribution in [2.24, 2.45) is 0 Å². The van der Waals surface area contributed by atoms with Crippen molar-refractivity contribution in [3.8, 4) is 0 Å². The van der Waals surface area contributed by atoms with Crippen molar-refractivity contribution in [3.63, 3.8) is 0 Å². The Labute approximate surface area is 196 Å². The zero-order valence-electron chi connectivity index (χ0n) is 19.3. The van der Waals surface area contributed by atoms with Crippen LogP contribution in [0.3, 0.4) is 0 Å². The fourth-order valence-corrected chi connectivity index (χ4v) is 5.54. The smallest absolute Gasteiger partial charge is 0.278 e. The van der Waals surface area contributed by atoms with E-state index >= 15 is 0 Å². The van der Waals surface area contributed by atoms with Crippen LogP contribution in [0.5, 0.6) is 0 Å². The Bertz CT molecular complexity index is 1000. The number of amides is 2. The van der Waals surface area contributed by atoms with Crippen LogP contribution >= 0.6 is 0 Å². The van der Waals surface area contributed by atoms with E-state index < -0.39 is 0 Å². The molecule has 3 aliphatic rings. The molecule has 0 atom stereocenters. The van der Waals surface area contributed by atoms with E-state index in [4.69, 9.17) is 0 Å². The van der Waals surface area contributed by atoms with Gasteiger partial charge in [0.2, 0.25) is 0 Å². The number of hydrogen-bond acceptors (Lipinski definition) is 4. The van der Waals surface area contributed by atoms with Gasteiger partial charge in [-0.15, -0.1) is 0 Å². The first-order chi connectivity index (χ1) is 16.2. The summed E-state index contributed by atoms with van der Waals surface area (Å²) in [6.07, 6.45) is 7.68. The molecule has 2 aromatic rings. The van der Waals surface area contributed by atoms with Crippen LogP contribution in [0.15, 0.2) is 66.4 Å². The Balaban J connectivity index is 1.43. The van der Waals surface area contributed by atoms with Gasteiger partial charge in [0.05, 0.1) is 5.57 Å². The van der Waals surface area contributed by atoms with Gasteiger partial charge in [-0.3, -0.25) is 14.5 Å². The third kappa shape index (κ3) is 4.41. The van der Waals surface area contributed by atoms with Gasteiger partial charge in [-0.1, -0.05) is 80.6 Å². The van der Waals surface area contributed by atoms with Crippen molar-refractivity contribution in [2.75, 3.05) is 31.1 Å². The molecule has 172 valence electrons. The minimum Gasteiger partial charge on any atom is -0.368 e. The molecule has 0 unspecified atom stereocenters. The van der Waals surface area contributed by atoms with Crippen molar-refractivity contribution in [1.29, 1.82) is 0 Å². The Morgan fingerprint density at radius 2 is 1.15 bits per heavy atom. The SMILES string of the molecule is O=C1C(c2ccccc2)=C(N2CCN(c3ccccc3)CC2)C(=O)N1C1CCCCCCC1. The largest absolute Gasteiger partial charge is 0.368 e. The fourth-order valence-electron chi connectivity index (χ4n) is 5.54. The topological polar surface area (TPSA) is 43.9 Å². The van der Waals surface area contributed by atoms with Crippen molar-refractivity contribution in [3.05, 3.63) is 71.9 Å². The molecule has 33 heavy (non-hydrogen) atoms. The average Bonchev–Trinajstić information content (AvgIpc) is 3.10. The Kier molecular flexibility index (Phi) is 6.47. The number of benzene rings is 2. The molecule has 0 aromatic heterocycles. The molecule has 0 radical (unpaired) electrons. The van der Waals surface area contributed by atoms with Crippen LogP contribution in [0.1, 0.15) is 50.5 Å². The second kappa shape index (κ2) is 9.82. The molecular formula is C28H33N3O2. The molecule has 0 N–H and O–H groups in total. The monoisotopic (exact) mass is 443 g/mol. The molecule has 2 amide bonds. The molecule has 0 bridgehead atoms. The minimum absolute atomic E-state index is 0.0205. The highest BCUT2D eigenvalue weighted by molar-refractivity contribution is 6.35. The molecule has 1 saturated heterocycles. The van der Waals surface area contributed by atoms with Crippen molar-refractivity contribution in [1.82, 2.24) is 9.80 Å². The molecule has 1 aliphatic carbocycles. The second-order valence-corrected chi connectivity index (χ2v) is 9.38. The highest BCUT2D eigenvalue weighted by atomic mass is 16.2. The van der Waals surface area contributed by atoms with Crippen LogP contribution in [0.25, 0.3) is 5.57 Å². The lowest BCUT2D eigenvalue weighted by Crippen LogP contribution is -2.48.